The lowest BCUT2D eigenvalue weighted by molar-refractivity contribution is -0.322. The number of ketones is 1. The van der Waals surface area contributed by atoms with Crippen LogP contribution in [-0.2, 0) is 65.2 Å². The van der Waals surface area contributed by atoms with Crippen molar-refractivity contribution in [1.82, 2.24) is 19.7 Å². The van der Waals surface area contributed by atoms with Crippen molar-refractivity contribution in [2.75, 3.05) is 61.7 Å². The molecule has 5 aliphatic rings. The highest BCUT2D eigenvalue weighted by Gasteiger charge is 2.58. The van der Waals surface area contributed by atoms with Crippen LogP contribution in [0.2, 0.25) is 0 Å². The molecule has 0 radical (unpaired) electrons. The molecule has 5 aliphatic heterocycles. The monoisotopic (exact) mass is 1110 g/mol. The highest BCUT2D eigenvalue weighted by Crippen LogP contribution is 2.43. The number of Topliss-reactive ketones (excluding diaryl/α,β-unsaturated/α-hetero) is 1. The van der Waals surface area contributed by atoms with Gasteiger partial charge in [-0.15, -0.1) is 0 Å². The number of aromatic carboxylic acids is 1. The van der Waals surface area contributed by atoms with Crippen molar-refractivity contribution in [1.29, 1.82) is 0 Å². The van der Waals surface area contributed by atoms with E-state index in [1.165, 1.54) is 6.20 Å². The molecule has 18 atom stereocenters. The highest BCUT2D eigenvalue weighted by atomic mass is 16.7. The largest absolute Gasteiger partial charge is 0.492 e. The molecule has 3 N–H and O–H groups in total. The fraction of sp³-hybridized carbons (Fsp3) is 0.776. The van der Waals surface area contributed by atoms with Gasteiger partial charge < -0.3 is 77.3 Å². The SMILES string of the molecule is CC[C@H]1OC(=O)[C@H](C)[C@@H](O[C@H]2C[C@@](C)(OC)[C@@H](OCCCN(C)CCOc3cc4c5c(c3)c(=O)c(C(=O)O)cn5CCC4)[C@H](C)O2)[C@H](C)[C@@H](O[C@@H]2O[C@H](C)C[C@H](N(C)C)[C@H]2O)[C@](C)(OC)C[C@@H](C)C(=O)[C@H](C)[C@H]2NC(=O)O[C@@]21C. The number of carboxylic acid groups (broad SMARTS) is 1. The number of carbonyl (C=O) groups is 4. The third-order valence-electron chi connectivity index (χ3n) is 17.9. The van der Waals surface area contributed by atoms with E-state index < -0.39 is 119 Å². The number of cyclic esters (lactones) is 1. The van der Waals surface area contributed by atoms with Crippen molar-refractivity contribution in [3.63, 3.8) is 0 Å². The van der Waals surface area contributed by atoms with Crippen LogP contribution in [0.5, 0.6) is 5.75 Å². The summed E-state index contributed by atoms with van der Waals surface area (Å²) >= 11 is 0. The summed E-state index contributed by atoms with van der Waals surface area (Å²) in [5.41, 5.74) is -2.63. The normalized spacial score (nSPS) is 37.5. The summed E-state index contributed by atoms with van der Waals surface area (Å²) in [5, 5.41) is 24.8. The first-order valence-electron chi connectivity index (χ1n) is 28.4. The lowest BCUT2D eigenvalue weighted by Gasteiger charge is -2.50. The maximum atomic E-state index is 14.8. The molecule has 0 unspecified atom stereocenters. The molecule has 21 nitrogen and oxygen atoms in total. The average Bonchev–Trinajstić information content (AvgIpc) is 3.83. The second-order valence-corrected chi connectivity index (χ2v) is 24.0. The third-order valence-corrected chi connectivity index (χ3v) is 17.9. The van der Waals surface area contributed by atoms with Crippen molar-refractivity contribution in [3.8, 4) is 5.75 Å². The average molecular weight is 1120 g/mol. The van der Waals surface area contributed by atoms with Gasteiger partial charge in [-0.05, 0) is 119 Å². The van der Waals surface area contributed by atoms with E-state index in [0.717, 1.165) is 23.9 Å². The van der Waals surface area contributed by atoms with E-state index in [1.54, 1.807) is 41.1 Å². The second kappa shape index (κ2) is 25.5. The van der Waals surface area contributed by atoms with Gasteiger partial charge >= 0.3 is 18.0 Å². The highest BCUT2D eigenvalue weighted by molar-refractivity contribution is 5.94. The summed E-state index contributed by atoms with van der Waals surface area (Å²) in [6.45, 7) is 20.9. The minimum Gasteiger partial charge on any atom is -0.492 e. The number of pyridine rings is 1. The Morgan fingerprint density at radius 2 is 1.59 bits per heavy atom. The number of aromatic nitrogens is 1. The molecule has 21 heteroatoms. The van der Waals surface area contributed by atoms with Crippen LogP contribution in [0, 0.1) is 23.7 Å². The molecule has 1 amide bonds. The number of aryl methyl sites for hydroxylation is 2. The number of hydrogen-bond acceptors (Lipinski definition) is 18. The second-order valence-electron chi connectivity index (χ2n) is 24.0. The van der Waals surface area contributed by atoms with E-state index in [4.69, 9.17) is 47.4 Å². The number of alkyl carbamates (subject to hydrolysis) is 1. The van der Waals surface area contributed by atoms with Crippen molar-refractivity contribution in [2.24, 2.45) is 23.7 Å². The van der Waals surface area contributed by atoms with Crippen LogP contribution in [0.4, 0.5) is 4.79 Å². The molecular formula is C58H90N4O17. The van der Waals surface area contributed by atoms with Gasteiger partial charge in [0.15, 0.2) is 18.2 Å². The van der Waals surface area contributed by atoms with Crippen LogP contribution in [0.1, 0.15) is 124 Å². The number of carboxylic acids is 1. The van der Waals surface area contributed by atoms with Gasteiger partial charge in [0, 0.05) is 76.9 Å². The van der Waals surface area contributed by atoms with Gasteiger partial charge in [-0.3, -0.25) is 14.4 Å². The minimum absolute atomic E-state index is 0.147. The fourth-order valence-electron chi connectivity index (χ4n) is 13.3. The van der Waals surface area contributed by atoms with Gasteiger partial charge in [0.2, 0.25) is 5.43 Å². The first-order chi connectivity index (χ1) is 37.2. The van der Waals surface area contributed by atoms with Crippen molar-refractivity contribution in [2.45, 2.75) is 205 Å². The molecule has 1 aromatic heterocycles. The van der Waals surface area contributed by atoms with E-state index >= 15 is 0 Å². The number of amides is 1. The summed E-state index contributed by atoms with van der Waals surface area (Å²) < 4.78 is 66.8. The van der Waals surface area contributed by atoms with Gasteiger partial charge in [0.25, 0.3) is 0 Å². The Balaban J connectivity index is 1.08. The van der Waals surface area contributed by atoms with Gasteiger partial charge in [0.05, 0.1) is 58.5 Å². The van der Waals surface area contributed by atoms with Crippen LogP contribution < -0.4 is 15.5 Å². The summed E-state index contributed by atoms with van der Waals surface area (Å²) in [5.74, 6) is -4.64. The molecule has 444 valence electrons. The number of rotatable bonds is 18. The van der Waals surface area contributed by atoms with Gasteiger partial charge in [0.1, 0.15) is 42.0 Å². The van der Waals surface area contributed by atoms with Gasteiger partial charge in [-0.25, -0.2) is 9.59 Å². The Bertz CT molecular complexity index is 2550. The van der Waals surface area contributed by atoms with Gasteiger partial charge in [-0.2, -0.15) is 0 Å². The van der Waals surface area contributed by atoms with E-state index in [9.17, 15) is 34.2 Å². The number of esters is 1. The topological polar surface area (TPSA) is 242 Å². The third kappa shape index (κ3) is 13.2. The zero-order valence-corrected chi connectivity index (χ0v) is 49.2. The van der Waals surface area contributed by atoms with Crippen LogP contribution in [0.3, 0.4) is 0 Å². The number of fused-ring (bicyclic) bond motifs is 1. The Labute approximate surface area is 465 Å². The Kier molecular flexibility index (Phi) is 20.1. The number of hydrogen-bond donors (Lipinski definition) is 3. The molecule has 0 aliphatic carbocycles. The van der Waals surface area contributed by atoms with E-state index in [-0.39, 0.29) is 42.8 Å². The zero-order chi connectivity index (χ0) is 58.1. The summed E-state index contributed by atoms with van der Waals surface area (Å²) in [4.78, 5) is 71.6. The summed E-state index contributed by atoms with van der Waals surface area (Å²) in [6, 6.07) is 2.46. The number of carbonyl (C=O) groups excluding carboxylic acids is 3. The van der Waals surface area contributed by atoms with Crippen LogP contribution in [0.25, 0.3) is 10.9 Å². The smallest absolute Gasteiger partial charge is 0.408 e. The number of methoxy groups -OCH3 is 2. The minimum atomic E-state index is -1.39. The maximum Gasteiger partial charge on any atom is 0.408 e. The molecule has 0 spiro atoms. The predicted molar refractivity (Wildman–Crippen MR) is 291 cm³/mol. The Morgan fingerprint density at radius 1 is 0.899 bits per heavy atom. The maximum absolute atomic E-state index is 14.8. The van der Waals surface area contributed by atoms with E-state index in [0.29, 0.717) is 56.8 Å². The van der Waals surface area contributed by atoms with Crippen molar-refractivity contribution in [3.05, 3.63) is 39.7 Å². The number of aliphatic hydroxyl groups is 1. The van der Waals surface area contributed by atoms with E-state index in [2.05, 4.69) is 10.2 Å². The number of likely N-dealkylation sites (N-methyl/N-ethyl adjacent to an activating group) is 2. The predicted octanol–water partition coefficient (Wildman–Crippen LogP) is 5.58. The van der Waals surface area contributed by atoms with E-state index in [1.807, 2.05) is 85.1 Å². The molecule has 2 aromatic rings. The Hall–Kier alpha value is -4.29. The lowest BCUT2D eigenvalue weighted by atomic mass is 9.73. The number of ether oxygens (including phenoxy) is 10. The molecule has 79 heavy (non-hydrogen) atoms. The first kappa shape index (κ1) is 62.3. The molecule has 1 aromatic carbocycles. The van der Waals surface area contributed by atoms with Crippen LogP contribution >= 0.6 is 0 Å². The van der Waals surface area contributed by atoms with Crippen LogP contribution in [0.15, 0.2) is 23.1 Å². The number of benzene rings is 1. The summed E-state index contributed by atoms with van der Waals surface area (Å²) in [7, 11) is 8.93. The molecule has 7 rings (SSSR count). The molecule has 6 heterocycles. The molecule has 0 saturated carbocycles. The standard InChI is InChI=1S/C58H90N4O17/c1-16-42-58(10)49(59-55(69)79-58)33(4)45(63)31(2)28-56(8,70-14)50(78-54-47(65)41(60(11)12)25-32(3)74-54)34(5)48(35(6)53(68)76-42)77-43-29-57(9,71-15)51(36(7)75-43)73-23-18-20-61(13)22-24-72-38-26-37-19-17-21-62-30-40(52(66)67)46(64)39(27-38)44(37)62/h26-27,30-36,41-43,47-51,54,65H,16-25,28-29H2,1-15H3,(H,59,69)(H,66,67)/t31-,32-,33+,34+,35-,36+,41+,42-,43+,47-,48+,49-,50-,51+,54+,56-,57-,58-/m1/s1. The molecule has 0 bridgehead atoms. The van der Waals surface area contributed by atoms with Crippen LogP contribution in [-0.4, -0.2) is 194 Å². The van der Waals surface area contributed by atoms with Gasteiger partial charge in [-0.1, -0.05) is 27.7 Å². The molecule has 4 fully saturated rings. The molecular weight excluding hydrogens is 1020 g/mol. The number of aliphatic hydroxyl groups excluding tert-OH is 1. The first-order valence-corrected chi connectivity index (χ1v) is 28.4. The molecule has 4 saturated heterocycles. The lowest BCUT2D eigenvalue weighted by Crippen LogP contribution is -2.61. The quantitative estimate of drug-likeness (QED) is 0.122. The number of nitrogens with one attached hydrogen (secondary N) is 1. The van der Waals surface area contributed by atoms with Crippen molar-refractivity contribution >= 4 is 34.7 Å². The van der Waals surface area contributed by atoms with Crippen molar-refractivity contribution < 1.29 is 76.8 Å². The Morgan fingerprint density at radius 3 is 2.25 bits per heavy atom. The zero-order valence-electron chi connectivity index (χ0n) is 49.2. The fourth-order valence-corrected chi connectivity index (χ4v) is 13.3. The summed E-state index contributed by atoms with van der Waals surface area (Å²) in [6.07, 6.45) is -3.28. The number of nitrogens with zero attached hydrogens (tertiary/aromatic N) is 3.